The minimum absolute atomic E-state index is 0.766. The Hall–Kier alpha value is -2.22. The summed E-state index contributed by atoms with van der Waals surface area (Å²) in [5.74, 6) is 0.983. The van der Waals surface area contributed by atoms with Crippen molar-refractivity contribution in [2.45, 2.75) is 26.8 Å². The molecule has 2 aromatic carbocycles. The molecule has 21 heavy (non-hydrogen) atoms. The highest BCUT2D eigenvalue weighted by molar-refractivity contribution is 5.86. The quantitative estimate of drug-likeness (QED) is 0.655. The smallest absolute Gasteiger partial charge is 0.128 e. The van der Waals surface area contributed by atoms with Gasteiger partial charge in [-0.15, -0.1) is 0 Å². The molecule has 3 rings (SSSR count). The number of ether oxygens (including phenoxy) is 1. The van der Waals surface area contributed by atoms with Gasteiger partial charge in [-0.3, -0.25) is 0 Å². The molecule has 2 heteroatoms. The van der Waals surface area contributed by atoms with E-state index in [0.29, 0.717) is 0 Å². The molecule has 0 atom stereocenters. The van der Waals surface area contributed by atoms with Crippen LogP contribution in [0.3, 0.4) is 0 Å². The largest absolute Gasteiger partial charge is 0.493 e. The molecule has 108 valence electrons. The van der Waals surface area contributed by atoms with E-state index in [-0.39, 0.29) is 0 Å². The molecule has 0 spiro atoms. The number of aromatic nitrogens is 1. The summed E-state index contributed by atoms with van der Waals surface area (Å²) in [6.07, 6.45) is 3.17. The Morgan fingerprint density at radius 2 is 1.81 bits per heavy atom. The summed E-state index contributed by atoms with van der Waals surface area (Å²) in [6, 6.07) is 17.1. The van der Waals surface area contributed by atoms with Gasteiger partial charge < -0.3 is 9.30 Å². The SMILES string of the molecule is CCCOc1cccc2c1ccn2Cc1ccc(C)cc1. The third-order valence-electron chi connectivity index (χ3n) is 3.71. The van der Waals surface area contributed by atoms with E-state index >= 15 is 0 Å². The van der Waals surface area contributed by atoms with Gasteiger partial charge >= 0.3 is 0 Å². The normalized spacial score (nSPS) is 11.0. The van der Waals surface area contributed by atoms with Gasteiger partial charge in [-0.05, 0) is 37.1 Å². The van der Waals surface area contributed by atoms with Crippen molar-refractivity contribution in [1.29, 1.82) is 0 Å². The fourth-order valence-corrected chi connectivity index (χ4v) is 2.56. The molecular weight excluding hydrogens is 258 g/mol. The van der Waals surface area contributed by atoms with Crippen LogP contribution in [0.15, 0.2) is 54.7 Å². The number of benzene rings is 2. The first-order valence-electron chi connectivity index (χ1n) is 7.54. The zero-order valence-corrected chi connectivity index (χ0v) is 12.7. The maximum absolute atomic E-state index is 5.83. The lowest BCUT2D eigenvalue weighted by atomic mass is 10.1. The Morgan fingerprint density at radius 1 is 1.00 bits per heavy atom. The lowest BCUT2D eigenvalue weighted by molar-refractivity contribution is 0.321. The van der Waals surface area contributed by atoms with Crippen molar-refractivity contribution in [2.75, 3.05) is 6.61 Å². The summed E-state index contributed by atoms with van der Waals surface area (Å²) in [4.78, 5) is 0. The fourth-order valence-electron chi connectivity index (χ4n) is 2.56. The van der Waals surface area contributed by atoms with E-state index in [1.54, 1.807) is 0 Å². The second-order valence-electron chi connectivity index (χ2n) is 5.47. The summed E-state index contributed by atoms with van der Waals surface area (Å²) in [5, 5.41) is 1.19. The van der Waals surface area contributed by atoms with Crippen molar-refractivity contribution in [3.63, 3.8) is 0 Å². The lowest BCUT2D eigenvalue weighted by Crippen LogP contribution is -1.98. The molecule has 0 fully saturated rings. The first-order valence-corrected chi connectivity index (χ1v) is 7.54. The summed E-state index contributed by atoms with van der Waals surface area (Å²) >= 11 is 0. The zero-order valence-electron chi connectivity index (χ0n) is 12.7. The lowest BCUT2D eigenvalue weighted by Gasteiger charge is -2.09. The Morgan fingerprint density at radius 3 is 2.57 bits per heavy atom. The van der Waals surface area contributed by atoms with E-state index in [9.17, 15) is 0 Å². The van der Waals surface area contributed by atoms with Gasteiger partial charge in [0.25, 0.3) is 0 Å². The van der Waals surface area contributed by atoms with Crippen molar-refractivity contribution in [2.24, 2.45) is 0 Å². The average Bonchev–Trinajstić information content (AvgIpc) is 2.91. The zero-order chi connectivity index (χ0) is 14.7. The monoisotopic (exact) mass is 279 g/mol. The molecule has 0 N–H and O–H groups in total. The Kier molecular flexibility index (Phi) is 3.96. The van der Waals surface area contributed by atoms with Crippen molar-refractivity contribution >= 4 is 10.9 Å². The second-order valence-corrected chi connectivity index (χ2v) is 5.47. The first-order chi connectivity index (χ1) is 10.3. The molecule has 0 saturated carbocycles. The van der Waals surface area contributed by atoms with Gasteiger partial charge in [0.2, 0.25) is 0 Å². The predicted molar refractivity (Wildman–Crippen MR) is 88.0 cm³/mol. The van der Waals surface area contributed by atoms with Gasteiger partial charge in [0.1, 0.15) is 5.75 Å². The molecule has 0 amide bonds. The Labute approximate surface area is 126 Å². The van der Waals surface area contributed by atoms with E-state index in [1.165, 1.54) is 22.0 Å². The van der Waals surface area contributed by atoms with Gasteiger partial charge in [-0.25, -0.2) is 0 Å². The van der Waals surface area contributed by atoms with Gasteiger partial charge in [0.15, 0.2) is 0 Å². The minimum atomic E-state index is 0.766. The molecule has 1 heterocycles. The van der Waals surface area contributed by atoms with Crippen molar-refractivity contribution < 1.29 is 4.74 Å². The van der Waals surface area contributed by atoms with Crippen molar-refractivity contribution in [1.82, 2.24) is 4.57 Å². The van der Waals surface area contributed by atoms with Crippen LogP contribution >= 0.6 is 0 Å². The Balaban J connectivity index is 1.91. The van der Waals surface area contributed by atoms with E-state index in [2.05, 4.69) is 67.1 Å². The molecule has 1 aromatic heterocycles. The molecule has 0 aliphatic heterocycles. The maximum atomic E-state index is 5.83. The highest BCUT2D eigenvalue weighted by Crippen LogP contribution is 2.27. The molecule has 0 saturated heterocycles. The van der Waals surface area contributed by atoms with E-state index in [1.807, 2.05) is 6.07 Å². The van der Waals surface area contributed by atoms with Gasteiger partial charge in [0, 0.05) is 18.1 Å². The third-order valence-corrected chi connectivity index (χ3v) is 3.71. The number of hydrogen-bond acceptors (Lipinski definition) is 1. The van der Waals surface area contributed by atoms with Crippen LogP contribution in [0.2, 0.25) is 0 Å². The molecule has 0 aliphatic carbocycles. The fraction of sp³-hybridized carbons (Fsp3) is 0.263. The Bertz CT molecular complexity index is 725. The average molecular weight is 279 g/mol. The summed E-state index contributed by atoms with van der Waals surface area (Å²) in [7, 11) is 0. The van der Waals surface area contributed by atoms with Gasteiger partial charge in [0.05, 0.1) is 12.1 Å². The van der Waals surface area contributed by atoms with Crippen LogP contribution in [-0.2, 0) is 6.54 Å². The molecule has 0 unspecified atom stereocenters. The van der Waals surface area contributed by atoms with E-state index < -0.39 is 0 Å². The highest BCUT2D eigenvalue weighted by atomic mass is 16.5. The van der Waals surface area contributed by atoms with Crippen LogP contribution in [0.5, 0.6) is 5.75 Å². The summed E-state index contributed by atoms with van der Waals surface area (Å²) < 4.78 is 8.11. The van der Waals surface area contributed by atoms with Crippen LogP contribution in [0, 0.1) is 6.92 Å². The number of fused-ring (bicyclic) bond motifs is 1. The number of nitrogens with zero attached hydrogens (tertiary/aromatic N) is 1. The van der Waals surface area contributed by atoms with E-state index in [4.69, 9.17) is 4.74 Å². The molecule has 2 nitrogen and oxygen atoms in total. The van der Waals surface area contributed by atoms with Crippen LogP contribution in [0.4, 0.5) is 0 Å². The predicted octanol–water partition coefficient (Wildman–Crippen LogP) is 4.79. The van der Waals surface area contributed by atoms with Crippen LogP contribution in [0.1, 0.15) is 24.5 Å². The molecule has 0 bridgehead atoms. The van der Waals surface area contributed by atoms with Gasteiger partial charge in [-0.2, -0.15) is 0 Å². The maximum Gasteiger partial charge on any atom is 0.128 e. The third kappa shape index (κ3) is 2.94. The molecule has 0 radical (unpaired) electrons. The second kappa shape index (κ2) is 6.04. The van der Waals surface area contributed by atoms with Crippen LogP contribution in [0.25, 0.3) is 10.9 Å². The summed E-state index contributed by atoms with van der Waals surface area (Å²) in [5.41, 5.74) is 3.84. The molecular formula is C19H21NO. The molecule has 3 aromatic rings. The first kappa shape index (κ1) is 13.7. The van der Waals surface area contributed by atoms with Crippen LogP contribution < -0.4 is 4.74 Å². The van der Waals surface area contributed by atoms with Crippen molar-refractivity contribution in [3.05, 3.63) is 65.9 Å². The summed E-state index contributed by atoms with van der Waals surface area (Å²) in [6.45, 7) is 5.90. The van der Waals surface area contributed by atoms with Crippen molar-refractivity contribution in [3.8, 4) is 5.75 Å². The van der Waals surface area contributed by atoms with Crippen LogP contribution in [-0.4, -0.2) is 11.2 Å². The van der Waals surface area contributed by atoms with Gasteiger partial charge in [-0.1, -0.05) is 42.8 Å². The number of hydrogen-bond donors (Lipinski definition) is 0. The number of aryl methyl sites for hydroxylation is 1. The minimum Gasteiger partial charge on any atom is -0.493 e. The van der Waals surface area contributed by atoms with E-state index in [0.717, 1.165) is 25.3 Å². The topological polar surface area (TPSA) is 14.2 Å². The number of rotatable bonds is 5. The standard InChI is InChI=1S/C19H21NO/c1-3-13-21-19-6-4-5-18-17(19)11-12-20(18)14-16-9-7-15(2)8-10-16/h4-12H,3,13-14H2,1-2H3. The highest BCUT2D eigenvalue weighted by Gasteiger charge is 2.06. The molecule has 0 aliphatic rings.